The van der Waals surface area contributed by atoms with Crippen LogP contribution in [0.4, 0.5) is 0 Å². The number of rotatable bonds is 8. The molecular formula is C25H29N3O6S. The average molecular weight is 500 g/mol. The molecule has 2 aromatic rings. The zero-order chi connectivity index (χ0) is 24.8. The highest BCUT2D eigenvalue weighted by Crippen LogP contribution is 2.37. The molecule has 1 fully saturated rings. The van der Waals surface area contributed by atoms with Gasteiger partial charge in [-0.1, -0.05) is 18.6 Å². The number of hydrogen-bond donors (Lipinski definition) is 0. The third-order valence-corrected chi connectivity index (χ3v) is 7.03. The summed E-state index contributed by atoms with van der Waals surface area (Å²) in [5.74, 6) is 0.0489. The van der Waals surface area contributed by atoms with Crippen LogP contribution in [0.25, 0.3) is 0 Å². The van der Waals surface area contributed by atoms with E-state index in [9.17, 15) is 14.4 Å². The van der Waals surface area contributed by atoms with E-state index in [-0.39, 0.29) is 18.5 Å². The van der Waals surface area contributed by atoms with Crippen molar-refractivity contribution in [1.29, 1.82) is 0 Å². The maximum atomic E-state index is 13.1. The highest BCUT2D eigenvalue weighted by atomic mass is 32.1. The predicted octanol–water partition coefficient (Wildman–Crippen LogP) is 3.39. The Morgan fingerprint density at radius 2 is 1.94 bits per heavy atom. The number of likely N-dealkylation sites (tertiary alicyclic amines) is 1. The van der Waals surface area contributed by atoms with E-state index in [1.54, 1.807) is 31.6 Å². The lowest BCUT2D eigenvalue weighted by Crippen LogP contribution is -2.37. The molecule has 0 aliphatic carbocycles. The average Bonchev–Trinajstić information content (AvgIpc) is 3.52. The summed E-state index contributed by atoms with van der Waals surface area (Å²) in [6.07, 6.45) is 3.61. The first-order valence-corrected chi connectivity index (χ1v) is 12.5. The summed E-state index contributed by atoms with van der Waals surface area (Å²) in [6, 6.07) is 9.00. The quantitative estimate of drug-likeness (QED) is 0.517. The maximum absolute atomic E-state index is 13.1. The first-order chi connectivity index (χ1) is 17.0. The number of nitrogens with zero attached hydrogens (tertiary/aromatic N) is 3. The molecule has 0 saturated carbocycles. The minimum Gasteiger partial charge on any atom is -0.493 e. The molecule has 2 amide bonds. The Kier molecular flexibility index (Phi) is 8.02. The molecule has 186 valence electrons. The SMILES string of the molecule is COc1ccc([C@@H]2CC(c3cccs3)=NN2C(=O)COC(=O)CN2CCCCCC2=O)cc1OC. The molecular weight excluding hydrogens is 470 g/mol. The fourth-order valence-corrected chi connectivity index (χ4v) is 4.99. The Bertz CT molecular complexity index is 1100. The minimum absolute atomic E-state index is 0.0518. The molecule has 0 bridgehead atoms. The van der Waals surface area contributed by atoms with Gasteiger partial charge in [-0.05, 0) is 42.0 Å². The second-order valence-electron chi connectivity index (χ2n) is 8.38. The van der Waals surface area contributed by atoms with Crippen molar-refractivity contribution in [2.75, 3.05) is 33.9 Å². The Hall–Kier alpha value is -3.40. The highest BCUT2D eigenvalue weighted by Gasteiger charge is 2.34. The molecule has 2 aliphatic rings. The van der Waals surface area contributed by atoms with Crippen molar-refractivity contribution in [3.8, 4) is 11.5 Å². The molecule has 0 unspecified atom stereocenters. The Morgan fingerprint density at radius 1 is 1.11 bits per heavy atom. The van der Waals surface area contributed by atoms with E-state index in [2.05, 4.69) is 5.10 Å². The van der Waals surface area contributed by atoms with Gasteiger partial charge in [0.1, 0.15) is 6.54 Å². The van der Waals surface area contributed by atoms with Crippen LogP contribution in [0.15, 0.2) is 40.8 Å². The molecule has 1 atom stereocenters. The van der Waals surface area contributed by atoms with Crippen LogP contribution in [0.3, 0.4) is 0 Å². The number of ether oxygens (including phenoxy) is 3. The van der Waals surface area contributed by atoms with Gasteiger partial charge in [0, 0.05) is 19.4 Å². The van der Waals surface area contributed by atoms with Gasteiger partial charge in [0.15, 0.2) is 18.1 Å². The molecule has 2 aliphatic heterocycles. The molecule has 0 radical (unpaired) electrons. The number of hydrogen-bond acceptors (Lipinski definition) is 8. The van der Waals surface area contributed by atoms with Gasteiger partial charge in [0.2, 0.25) is 5.91 Å². The summed E-state index contributed by atoms with van der Waals surface area (Å²) in [4.78, 5) is 40.2. The second-order valence-corrected chi connectivity index (χ2v) is 9.33. The van der Waals surface area contributed by atoms with Crippen molar-refractivity contribution in [2.24, 2.45) is 5.10 Å². The molecule has 1 aromatic heterocycles. The number of esters is 1. The van der Waals surface area contributed by atoms with Crippen molar-refractivity contribution in [3.05, 3.63) is 46.2 Å². The summed E-state index contributed by atoms with van der Waals surface area (Å²) in [5.41, 5.74) is 1.61. The minimum atomic E-state index is -0.599. The highest BCUT2D eigenvalue weighted by molar-refractivity contribution is 7.12. The lowest BCUT2D eigenvalue weighted by atomic mass is 10.0. The molecule has 1 aromatic carbocycles. The summed E-state index contributed by atoms with van der Waals surface area (Å²) in [7, 11) is 3.12. The Labute approximate surface area is 208 Å². The van der Waals surface area contributed by atoms with E-state index < -0.39 is 18.5 Å². The first kappa shape index (κ1) is 24.7. The van der Waals surface area contributed by atoms with Gasteiger partial charge in [-0.25, -0.2) is 5.01 Å². The first-order valence-electron chi connectivity index (χ1n) is 11.6. The third-order valence-electron chi connectivity index (χ3n) is 6.11. The fraction of sp³-hybridized carbons (Fsp3) is 0.440. The van der Waals surface area contributed by atoms with Crippen LogP contribution >= 0.6 is 11.3 Å². The topological polar surface area (TPSA) is 97.7 Å². The summed E-state index contributed by atoms with van der Waals surface area (Å²) in [5, 5.41) is 7.92. The van der Waals surface area contributed by atoms with Gasteiger partial charge in [-0.3, -0.25) is 14.4 Å². The Balaban J connectivity index is 1.47. The fourth-order valence-electron chi connectivity index (χ4n) is 4.27. The standard InChI is InChI=1S/C25H29N3O6S/c1-32-20-10-9-17(13-21(20)33-2)19-14-18(22-7-6-12-35-22)26-28(19)24(30)16-34-25(31)15-27-11-5-3-4-8-23(27)29/h6-7,9-10,12-13,19H,3-5,8,11,14-16H2,1-2H3/t19-/m0/s1. The van der Waals surface area contributed by atoms with Gasteiger partial charge in [0.25, 0.3) is 5.91 Å². The largest absolute Gasteiger partial charge is 0.493 e. The third kappa shape index (κ3) is 5.82. The van der Waals surface area contributed by atoms with Crippen molar-refractivity contribution in [3.63, 3.8) is 0 Å². The molecule has 9 nitrogen and oxygen atoms in total. The van der Waals surface area contributed by atoms with Crippen LogP contribution in [0, 0.1) is 0 Å². The predicted molar refractivity (Wildman–Crippen MR) is 131 cm³/mol. The number of benzene rings is 1. The zero-order valence-electron chi connectivity index (χ0n) is 19.9. The lowest BCUT2D eigenvalue weighted by molar-refractivity contribution is -0.155. The van der Waals surface area contributed by atoms with Crippen LogP contribution in [0.2, 0.25) is 0 Å². The van der Waals surface area contributed by atoms with Crippen LogP contribution in [-0.4, -0.2) is 67.3 Å². The lowest BCUT2D eigenvalue weighted by Gasteiger charge is -2.23. The molecule has 0 spiro atoms. The number of methoxy groups -OCH3 is 2. The van der Waals surface area contributed by atoms with Crippen molar-refractivity contribution >= 4 is 34.8 Å². The number of carbonyl (C=O) groups excluding carboxylic acids is 3. The molecule has 4 rings (SSSR count). The van der Waals surface area contributed by atoms with Gasteiger partial charge in [-0.15, -0.1) is 11.3 Å². The summed E-state index contributed by atoms with van der Waals surface area (Å²) in [6.45, 7) is -0.0648. The molecule has 35 heavy (non-hydrogen) atoms. The monoisotopic (exact) mass is 499 g/mol. The molecule has 0 N–H and O–H groups in total. The van der Waals surface area contributed by atoms with Gasteiger partial charge < -0.3 is 19.1 Å². The molecule has 3 heterocycles. The van der Waals surface area contributed by atoms with Gasteiger partial charge in [-0.2, -0.15) is 5.10 Å². The van der Waals surface area contributed by atoms with Crippen LogP contribution in [0.1, 0.15) is 48.6 Å². The van der Waals surface area contributed by atoms with E-state index in [0.717, 1.165) is 35.4 Å². The van der Waals surface area contributed by atoms with Crippen molar-refractivity contribution < 1.29 is 28.6 Å². The van der Waals surface area contributed by atoms with Crippen LogP contribution in [-0.2, 0) is 19.1 Å². The van der Waals surface area contributed by atoms with E-state index >= 15 is 0 Å². The van der Waals surface area contributed by atoms with Gasteiger partial charge >= 0.3 is 5.97 Å². The maximum Gasteiger partial charge on any atom is 0.326 e. The van der Waals surface area contributed by atoms with Crippen molar-refractivity contribution in [2.45, 2.75) is 38.1 Å². The van der Waals surface area contributed by atoms with Gasteiger partial charge in [0.05, 0.1) is 30.9 Å². The molecule has 10 heteroatoms. The van der Waals surface area contributed by atoms with Crippen LogP contribution in [0.5, 0.6) is 11.5 Å². The van der Waals surface area contributed by atoms with E-state index in [0.29, 0.717) is 30.9 Å². The summed E-state index contributed by atoms with van der Waals surface area (Å²) >= 11 is 1.55. The van der Waals surface area contributed by atoms with E-state index in [1.807, 2.05) is 29.6 Å². The van der Waals surface area contributed by atoms with E-state index in [4.69, 9.17) is 14.2 Å². The number of hydrazone groups is 1. The van der Waals surface area contributed by atoms with Crippen LogP contribution < -0.4 is 9.47 Å². The second kappa shape index (κ2) is 11.4. The summed E-state index contributed by atoms with van der Waals surface area (Å²) < 4.78 is 16.0. The number of thiophene rings is 1. The zero-order valence-corrected chi connectivity index (χ0v) is 20.7. The van der Waals surface area contributed by atoms with E-state index in [1.165, 1.54) is 9.91 Å². The number of carbonyl (C=O) groups is 3. The van der Waals surface area contributed by atoms with Crippen molar-refractivity contribution in [1.82, 2.24) is 9.91 Å². The number of amides is 2. The normalized spacial score (nSPS) is 18.2. The molecule has 1 saturated heterocycles. The Morgan fingerprint density at radius 3 is 2.69 bits per heavy atom. The smallest absolute Gasteiger partial charge is 0.326 e.